The minimum atomic E-state index is -4.86. The van der Waals surface area contributed by atoms with E-state index < -0.39 is 67.9 Å². The van der Waals surface area contributed by atoms with E-state index in [1.807, 2.05) is 0 Å². The standard InChI is InChI=1S/C17H15F5N6O3S/c1-16(7-32(30,31)28(2)15(23)27-16)13-9(18)3-4-11(25-13)26-14(29)12-10(19)5-8(6-24-12)17(20,21)22/h3-6H,7H2,1-2H3,(H2,23,27)(H,25,26,29)/t16-/m0/s1. The Morgan fingerprint density at radius 2 is 1.91 bits per heavy atom. The zero-order chi connectivity index (χ0) is 24.1. The molecule has 15 heteroatoms. The van der Waals surface area contributed by atoms with Crippen LogP contribution in [0.15, 0.2) is 29.4 Å². The van der Waals surface area contributed by atoms with Gasteiger partial charge in [-0.15, -0.1) is 0 Å². The number of carbonyl (C=O) groups is 1. The number of nitrogens with two attached hydrogens (primary N) is 1. The van der Waals surface area contributed by atoms with E-state index in [9.17, 15) is 35.2 Å². The van der Waals surface area contributed by atoms with Crippen LogP contribution in [0.25, 0.3) is 0 Å². The second-order valence-electron chi connectivity index (χ2n) is 7.00. The molecule has 0 saturated carbocycles. The second kappa shape index (κ2) is 7.65. The fourth-order valence-electron chi connectivity index (χ4n) is 2.90. The number of aromatic nitrogens is 2. The molecule has 3 heterocycles. The van der Waals surface area contributed by atoms with Crippen molar-refractivity contribution in [3.05, 3.63) is 53.0 Å². The highest BCUT2D eigenvalue weighted by molar-refractivity contribution is 7.89. The molecule has 0 radical (unpaired) electrons. The Morgan fingerprint density at radius 3 is 2.47 bits per heavy atom. The van der Waals surface area contributed by atoms with Crippen LogP contribution in [0.5, 0.6) is 0 Å². The summed E-state index contributed by atoms with van der Waals surface area (Å²) in [6, 6.07) is 1.95. The molecule has 2 aromatic rings. The monoisotopic (exact) mass is 478 g/mol. The molecule has 1 atom stereocenters. The van der Waals surface area contributed by atoms with Gasteiger partial charge in [-0.2, -0.15) is 13.2 Å². The summed E-state index contributed by atoms with van der Waals surface area (Å²) in [6.07, 6.45) is -4.58. The summed E-state index contributed by atoms with van der Waals surface area (Å²) in [4.78, 5) is 23.3. The van der Waals surface area contributed by atoms with Crippen LogP contribution < -0.4 is 11.1 Å². The highest BCUT2D eigenvalue weighted by Crippen LogP contribution is 2.33. The van der Waals surface area contributed by atoms with Crippen LogP contribution in [0.2, 0.25) is 0 Å². The summed E-state index contributed by atoms with van der Waals surface area (Å²) < 4.78 is 91.7. The van der Waals surface area contributed by atoms with Crippen molar-refractivity contribution in [2.75, 3.05) is 18.1 Å². The molecule has 0 aromatic carbocycles. The van der Waals surface area contributed by atoms with Gasteiger partial charge in [0.25, 0.3) is 5.91 Å². The van der Waals surface area contributed by atoms with Gasteiger partial charge in [-0.3, -0.25) is 4.79 Å². The average Bonchev–Trinajstić information content (AvgIpc) is 2.66. The Kier molecular flexibility index (Phi) is 5.57. The van der Waals surface area contributed by atoms with E-state index in [2.05, 4.69) is 20.3 Å². The molecule has 172 valence electrons. The summed E-state index contributed by atoms with van der Waals surface area (Å²) >= 11 is 0. The first kappa shape index (κ1) is 23.3. The fourth-order valence-corrected chi connectivity index (χ4v) is 4.33. The van der Waals surface area contributed by atoms with Gasteiger partial charge in [0.05, 0.1) is 5.56 Å². The van der Waals surface area contributed by atoms with Gasteiger partial charge in [0.15, 0.2) is 11.5 Å². The van der Waals surface area contributed by atoms with Gasteiger partial charge >= 0.3 is 6.18 Å². The van der Waals surface area contributed by atoms with E-state index in [1.54, 1.807) is 0 Å². The highest BCUT2D eigenvalue weighted by Gasteiger charge is 2.43. The number of guanidine groups is 1. The van der Waals surface area contributed by atoms with Gasteiger partial charge in [-0.25, -0.2) is 36.5 Å². The maximum atomic E-state index is 14.5. The molecule has 0 unspecified atom stereocenters. The van der Waals surface area contributed by atoms with E-state index in [-0.39, 0.29) is 18.1 Å². The molecule has 0 bridgehead atoms. The fraction of sp³-hybridized carbons (Fsp3) is 0.294. The third-order valence-electron chi connectivity index (χ3n) is 4.55. The molecule has 3 N–H and O–H groups in total. The number of hydrogen-bond acceptors (Lipinski definition) is 7. The molecule has 1 aliphatic rings. The van der Waals surface area contributed by atoms with Crippen LogP contribution in [-0.4, -0.2) is 47.4 Å². The lowest BCUT2D eigenvalue weighted by atomic mass is 10.00. The van der Waals surface area contributed by atoms with Crippen molar-refractivity contribution in [2.45, 2.75) is 18.6 Å². The minimum Gasteiger partial charge on any atom is -0.369 e. The molecule has 1 amide bonds. The minimum absolute atomic E-state index is 0.105. The number of alkyl halides is 3. The Labute approximate surface area is 178 Å². The van der Waals surface area contributed by atoms with Gasteiger partial charge < -0.3 is 11.1 Å². The lowest BCUT2D eigenvalue weighted by molar-refractivity contribution is -0.138. The van der Waals surface area contributed by atoms with Crippen molar-refractivity contribution in [2.24, 2.45) is 10.7 Å². The molecule has 2 aromatic heterocycles. The topological polar surface area (TPSA) is 131 Å². The molecule has 0 aliphatic carbocycles. The van der Waals surface area contributed by atoms with E-state index in [1.165, 1.54) is 14.0 Å². The number of amides is 1. The van der Waals surface area contributed by atoms with E-state index in [0.717, 1.165) is 16.4 Å². The van der Waals surface area contributed by atoms with Crippen molar-refractivity contribution >= 4 is 27.7 Å². The van der Waals surface area contributed by atoms with E-state index in [0.29, 0.717) is 0 Å². The lowest BCUT2D eigenvalue weighted by Crippen LogP contribution is -2.50. The van der Waals surface area contributed by atoms with Crippen molar-refractivity contribution in [3.8, 4) is 0 Å². The van der Waals surface area contributed by atoms with Crippen LogP contribution in [0.3, 0.4) is 0 Å². The van der Waals surface area contributed by atoms with Crippen molar-refractivity contribution in [1.29, 1.82) is 0 Å². The SMILES string of the molecule is CN1C(N)=N[C@](C)(c2nc(NC(=O)c3ncc(C(F)(F)F)cc3F)ccc2F)CS1(=O)=O. The number of sulfonamides is 1. The number of nitrogens with zero attached hydrogens (tertiary/aromatic N) is 4. The van der Waals surface area contributed by atoms with Gasteiger partial charge in [0.1, 0.15) is 28.6 Å². The lowest BCUT2D eigenvalue weighted by Gasteiger charge is -2.33. The smallest absolute Gasteiger partial charge is 0.369 e. The maximum absolute atomic E-state index is 14.5. The number of pyridine rings is 2. The number of aliphatic imine (C=N–C) groups is 1. The third kappa shape index (κ3) is 4.32. The number of halogens is 5. The van der Waals surface area contributed by atoms with Crippen molar-refractivity contribution in [1.82, 2.24) is 14.3 Å². The average molecular weight is 478 g/mol. The Hall–Kier alpha value is -3.36. The molecule has 3 rings (SSSR count). The Bertz CT molecular complexity index is 1230. The molecule has 9 nitrogen and oxygen atoms in total. The first-order chi connectivity index (χ1) is 14.6. The van der Waals surface area contributed by atoms with Crippen LogP contribution >= 0.6 is 0 Å². The van der Waals surface area contributed by atoms with E-state index in [4.69, 9.17) is 5.73 Å². The summed E-state index contributed by atoms with van der Waals surface area (Å²) in [7, 11) is -2.79. The summed E-state index contributed by atoms with van der Waals surface area (Å²) in [5, 5.41) is 2.08. The normalized spacial score (nSPS) is 20.6. The number of carbonyl (C=O) groups excluding carboxylic acids is 1. The van der Waals surface area contributed by atoms with Crippen LogP contribution in [0.4, 0.5) is 27.8 Å². The number of nitrogens with one attached hydrogen (secondary N) is 1. The van der Waals surface area contributed by atoms with Gasteiger partial charge in [-0.1, -0.05) is 0 Å². The van der Waals surface area contributed by atoms with Crippen LogP contribution in [0.1, 0.15) is 28.7 Å². The van der Waals surface area contributed by atoms with E-state index >= 15 is 0 Å². The zero-order valence-corrected chi connectivity index (χ0v) is 17.2. The predicted octanol–water partition coefficient (Wildman–Crippen LogP) is 1.83. The molecule has 1 aliphatic heterocycles. The largest absolute Gasteiger partial charge is 0.417 e. The summed E-state index contributed by atoms with van der Waals surface area (Å²) in [5.74, 6) is -5.20. The molecule has 0 spiro atoms. The zero-order valence-electron chi connectivity index (χ0n) is 16.4. The van der Waals surface area contributed by atoms with Gasteiger partial charge in [0.2, 0.25) is 16.0 Å². The molecule has 32 heavy (non-hydrogen) atoms. The molecular weight excluding hydrogens is 463 g/mol. The van der Waals surface area contributed by atoms with Crippen LogP contribution in [-0.2, 0) is 21.7 Å². The highest BCUT2D eigenvalue weighted by atomic mass is 32.2. The Morgan fingerprint density at radius 1 is 1.25 bits per heavy atom. The second-order valence-corrected chi connectivity index (χ2v) is 9.00. The van der Waals surface area contributed by atoms with Crippen LogP contribution in [0, 0.1) is 11.6 Å². The maximum Gasteiger partial charge on any atom is 0.417 e. The molecular formula is C17H15F5N6O3S. The predicted molar refractivity (Wildman–Crippen MR) is 102 cm³/mol. The quantitative estimate of drug-likeness (QED) is 0.648. The summed E-state index contributed by atoms with van der Waals surface area (Å²) in [5.41, 5.74) is 1.04. The number of hydrogen-bond donors (Lipinski definition) is 2. The number of anilines is 1. The summed E-state index contributed by atoms with van der Waals surface area (Å²) in [6.45, 7) is 1.26. The van der Waals surface area contributed by atoms with Gasteiger partial charge in [0, 0.05) is 13.2 Å². The van der Waals surface area contributed by atoms with Crippen molar-refractivity contribution < 1.29 is 35.2 Å². The van der Waals surface area contributed by atoms with Gasteiger partial charge in [-0.05, 0) is 25.1 Å². The number of rotatable bonds is 3. The third-order valence-corrected chi connectivity index (χ3v) is 6.49. The first-order valence-corrected chi connectivity index (χ1v) is 10.3. The van der Waals surface area contributed by atoms with Crippen molar-refractivity contribution in [3.63, 3.8) is 0 Å². The Balaban J connectivity index is 1.94. The first-order valence-electron chi connectivity index (χ1n) is 8.67. The molecule has 0 saturated heterocycles. The molecule has 0 fully saturated rings.